The number of allylic oxidation sites excluding steroid dienone is 18. The van der Waals surface area contributed by atoms with Gasteiger partial charge in [0.25, 0.3) is 0 Å². The van der Waals surface area contributed by atoms with Crippen LogP contribution in [0.4, 0.5) is 0 Å². The molecule has 0 saturated carbocycles. The van der Waals surface area contributed by atoms with Gasteiger partial charge in [0.05, 0.1) is 0 Å². The summed E-state index contributed by atoms with van der Waals surface area (Å²) in [6.45, 7) is 6.38. The summed E-state index contributed by atoms with van der Waals surface area (Å²) in [5, 5.41) is 0. The van der Waals surface area contributed by atoms with Crippen molar-refractivity contribution in [2.24, 2.45) is 0 Å². The van der Waals surface area contributed by atoms with Gasteiger partial charge in [0.1, 0.15) is 13.2 Å². The van der Waals surface area contributed by atoms with E-state index in [9.17, 15) is 14.4 Å². The molecule has 0 N–H and O–H groups in total. The van der Waals surface area contributed by atoms with E-state index >= 15 is 0 Å². The number of hydrogen-bond donors (Lipinski definition) is 0. The standard InChI is InChI=1S/C68H114O6/c1-4-7-10-13-16-19-21-23-25-26-27-28-29-30-31-32-33-34-35-36-37-38-39-40-41-42-44-45-47-49-52-55-58-61-67(70)73-64-65(63-72-66(69)60-57-54-51-18-15-12-9-6-3)74-68(71)62-59-56-53-50-48-46-43-24-22-20-17-14-11-8-5-2/h7-8,10-11,16-17,19-20,23-25,27-28,30-31,33-34,43,65H,4-6,9,12-15,18,21-22,26,29,32,35-42,44-64H2,1-3H3/b10-7-,11-8-,19-16-,20-17-,25-23-,28-27-,31-30-,34-33-,43-24-. The van der Waals surface area contributed by atoms with Crippen molar-refractivity contribution in [2.45, 2.75) is 290 Å². The van der Waals surface area contributed by atoms with Crippen molar-refractivity contribution in [3.05, 3.63) is 109 Å². The Kier molecular flexibility index (Phi) is 58.3. The number of carbonyl (C=O) groups excluding carboxylic acids is 3. The first-order chi connectivity index (χ1) is 36.5. The maximum Gasteiger partial charge on any atom is 0.306 e. The fraction of sp³-hybridized carbons (Fsp3) is 0.691. The van der Waals surface area contributed by atoms with Crippen LogP contribution < -0.4 is 0 Å². The van der Waals surface area contributed by atoms with Gasteiger partial charge < -0.3 is 14.2 Å². The molecule has 0 aliphatic carbocycles. The molecule has 0 aromatic rings. The Labute approximate surface area is 457 Å². The third kappa shape index (κ3) is 59.0. The first kappa shape index (κ1) is 70.1. The minimum atomic E-state index is -0.784. The number of rotatable bonds is 55. The Balaban J connectivity index is 4.09. The molecule has 0 rings (SSSR count). The fourth-order valence-electron chi connectivity index (χ4n) is 8.46. The predicted molar refractivity (Wildman–Crippen MR) is 320 cm³/mol. The van der Waals surface area contributed by atoms with E-state index in [2.05, 4.69) is 130 Å². The zero-order valence-corrected chi connectivity index (χ0v) is 48.3. The van der Waals surface area contributed by atoms with Crippen LogP contribution in [0.15, 0.2) is 109 Å². The SMILES string of the molecule is CC/C=C\C/C=C\C/C=C\C/C=C\C/C=C\C/C=C\CCCCCCCCCCCCCCCCC(=O)OCC(COC(=O)CCCCCCCCCC)OC(=O)CCCCCCC/C=C\C/C=C\C/C=C\CC. The smallest absolute Gasteiger partial charge is 0.306 e. The third-order valence-corrected chi connectivity index (χ3v) is 13.0. The first-order valence-electron chi connectivity index (χ1n) is 30.9. The average molecular weight is 1030 g/mol. The second-order valence-electron chi connectivity index (χ2n) is 20.2. The Morgan fingerprint density at radius 2 is 0.527 bits per heavy atom. The highest BCUT2D eigenvalue weighted by molar-refractivity contribution is 5.71. The molecule has 422 valence electrons. The van der Waals surface area contributed by atoms with Crippen molar-refractivity contribution >= 4 is 17.9 Å². The van der Waals surface area contributed by atoms with Gasteiger partial charge in [-0.2, -0.15) is 0 Å². The average Bonchev–Trinajstić information content (AvgIpc) is 3.40. The van der Waals surface area contributed by atoms with Crippen molar-refractivity contribution in [2.75, 3.05) is 13.2 Å². The summed E-state index contributed by atoms with van der Waals surface area (Å²) in [5.74, 6) is -0.901. The van der Waals surface area contributed by atoms with Gasteiger partial charge >= 0.3 is 17.9 Å². The van der Waals surface area contributed by atoms with Crippen LogP contribution in [0.5, 0.6) is 0 Å². The van der Waals surface area contributed by atoms with Gasteiger partial charge in [-0.3, -0.25) is 14.4 Å². The van der Waals surface area contributed by atoms with Crippen molar-refractivity contribution < 1.29 is 28.6 Å². The zero-order chi connectivity index (χ0) is 53.6. The normalized spacial score (nSPS) is 12.9. The van der Waals surface area contributed by atoms with Crippen molar-refractivity contribution in [1.82, 2.24) is 0 Å². The lowest BCUT2D eigenvalue weighted by molar-refractivity contribution is -0.167. The highest BCUT2D eigenvalue weighted by Crippen LogP contribution is 2.16. The Hall–Kier alpha value is -3.93. The van der Waals surface area contributed by atoms with Gasteiger partial charge in [-0.05, 0) is 103 Å². The van der Waals surface area contributed by atoms with Crippen molar-refractivity contribution in [1.29, 1.82) is 0 Å². The first-order valence-corrected chi connectivity index (χ1v) is 30.9. The molecule has 0 fully saturated rings. The molecule has 0 aliphatic heterocycles. The highest BCUT2D eigenvalue weighted by atomic mass is 16.6. The summed E-state index contributed by atoms with van der Waals surface area (Å²) < 4.78 is 16.8. The van der Waals surface area contributed by atoms with E-state index in [-0.39, 0.29) is 31.1 Å². The summed E-state index contributed by atoms with van der Waals surface area (Å²) in [6.07, 6.45) is 84.0. The van der Waals surface area contributed by atoms with E-state index in [1.807, 2.05) is 0 Å². The molecule has 74 heavy (non-hydrogen) atoms. The second kappa shape index (κ2) is 61.6. The van der Waals surface area contributed by atoms with Crippen LogP contribution in [0.2, 0.25) is 0 Å². The Morgan fingerprint density at radius 1 is 0.284 bits per heavy atom. The van der Waals surface area contributed by atoms with E-state index in [0.717, 1.165) is 135 Å². The Morgan fingerprint density at radius 3 is 0.824 bits per heavy atom. The molecule has 0 aromatic heterocycles. The lowest BCUT2D eigenvalue weighted by Crippen LogP contribution is -2.30. The van der Waals surface area contributed by atoms with Crippen molar-refractivity contribution in [3.8, 4) is 0 Å². The highest BCUT2D eigenvalue weighted by Gasteiger charge is 2.19. The van der Waals surface area contributed by atoms with Gasteiger partial charge in [-0.25, -0.2) is 0 Å². The number of ether oxygens (including phenoxy) is 3. The number of esters is 3. The number of unbranched alkanes of at least 4 members (excludes halogenated alkanes) is 26. The summed E-state index contributed by atoms with van der Waals surface area (Å²) in [6, 6.07) is 0. The van der Waals surface area contributed by atoms with Gasteiger partial charge in [0, 0.05) is 19.3 Å². The molecular weight excluding hydrogens is 913 g/mol. The van der Waals surface area contributed by atoms with Crippen LogP contribution in [0.25, 0.3) is 0 Å². The summed E-state index contributed by atoms with van der Waals surface area (Å²) >= 11 is 0. The van der Waals surface area contributed by atoms with Crippen LogP contribution in [0.1, 0.15) is 284 Å². The van der Waals surface area contributed by atoms with Gasteiger partial charge in [0.15, 0.2) is 6.10 Å². The monoisotopic (exact) mass is 1030 g/mol. The maximum atomic E-state index is 12.8. The van der Waals surface area contributed by atoms with Crippen LogP contribution in [0.3, 0.4) is 0 Å². The topological polar surface area (TPSA) is 78.9 Å². The lowest BCUT2D eigenvalue weighted by Gasteiger charge is -2.18. The van der Waals surface area contributed by atoms with E-state index in [1.165, 1.54) is 109 Å². The van der Waals surface area contributed by atoms with Gasteiger partial charge in [-0.1, -0.05) is 271 Å². The van der Waals surface area contributed by atoms with Gasteiger partial charge in [-0.15, -0.1) is 0 Å². The third-order valence-electron chi connectivity index (χ3n) is 13.0. The van der Waals surface area contributed by atoms with E-state index < -0.39 is 6.10 Å². The molecule has 0 spiro atoms. The molecule has 0 aromatic carbocycles. The summed E-state index contributed by atoms with van der Waals surface area (Å²) in [4.78, 5) is 38.0. The van der Waals surface area contributed by atoms with Crippen LogP contribution in [-0.4, -0.2) is 37.2 Å². The zero-order valence-electron chi connectivity index (χ0n) is 48.3. The van der Waals surface area contributed by atoms with Crippen LogP contribution in [-0.2, 0) is 28.6 Å². The lowest BCUT2D eigenvalue weighted by atomic mass is 10.0. The molecule has 0 saturated heterocycles. The molecule has 0 heterocycles. The van der Waals surface area contributed by atoms with Crippen molar-refractivity contribution in [3.63, 3.8) is 0 Å². The second-order valence-corrected chi connectivity index (χ2v) is 20.2. The summed E-state index contributed by atoms with van der Waals surface area (Å²) in [7, 11) is 0. The molecule has 0 amide bonds. The van der Waals surface area contributed by atoms with E-state index in [1.54, 1.807) is 0 Å². The molecule has 6 heteroatoms. The molecule has 0 aliphatic rings. The van der Waals surface area contributed by atoms with E-state index in [0.29, 0.717) is 19.3 Å². The molecule has 1 atom stereocenters. The number of hydrogen-bond acceptors (Lipinski definition) is 6. The summed E-state index contributed by atoms with van der Waals surface area (Å²) in [5.41, 5.74) is 0. The molecule has 0 radical (unpaired) electrons. The van der Waals surface area contributed by atoms with Crippen LogP contribution >= 0.6 is 0 Å². The predicted octanol–water partition coefficient (Wildman–Crippen LogP) is 21.0. The minimum absolute atomic E-state index is 0.0829. The maximum absolute atomic E-state index is 12.8. The molecule has 1 unspecified atom stereocenters. The van der Waals surface area contributed by atoms with Gasteiger partial charge in [0.2, 0.25) is 0 Å². The fourth-order valence-corrected chi connectivity index (χ4v) is 8.46. The molecular formula is C68H114O6. The molecule has 0 bridgehead atoms. The minimum Gasteiger partial charge on any atom is -0.462 e. The van der Waals surface area contributed by atoms with E-state index in [4.69, 9.17) is 14.2 Å². The number of carbonyl (C=O) groups is 3. The Bertz CT molecular complexity index is 1510. The quantitative estimate of drug-likeness (QED) is 0.0261. The molecule has 6 nitrogen and oxygen atoms in total. The van der Waals surface area contributed by atoms with Crippen LogP contribution in [0, 0.1) is 0 Å². The largest absolute Gasteiger partial charge is 0.462 e.